The van der Waals surface area contributed by atoms with Gasteiger partial charge in [0.15, 0.2) is 5.13 Å². The Kier molecular flexibility index (Phi) is 5.39. The van der Waals surface area contributed by atoms with Crippen LogP contribution in [0.5, 0.6) is 0 Å². The molecule has 0 atom stereocenters. The summed E-state index contributed by atoms with van der Waals surface area (Å²) < 4.78 is 0. The number of nitrogens with zero attached hydrogens (tertiary/aromatic N) is 2. The SMILES string of the molecule is CC(C)CN(c1nc(C(C)(C)C)c(CN)s1)C(C)C. The van der Waals surface area contributed by atoms with Gasteiger partial charge in [-0.15, -0.1) is 11.3 Å². The third-order valence-electron chi connectivity index (χ3n) is 3.01. The summed E-state index contributed by atoms with van der Waals surface area (Å²) in [5, 5.41) is 1.12. The molecule has 1 heterocycles. The molecule has 4 heteroatoms. The molecule has 0 bridgehead atoms. The third kappa shape index (κ3) is 4.18. The second kappa shape index (κ2) is 6.23. The average Bonchev–Trinajstić information content (AvgIpc) is 2.68. The van der Waals surface area contributed by atoms with E-state index in [1.165, 1.54) is 4.88 Å². The Hall–Kier alpha value is -0.610. The Bertz CT molecular complexity index is 402. The topological polar surface area (TPSA) is 42.2 Å². The molecule has 0 spiro atoms. The lowest BCUT2D eigenvalue weighted by Crippen LogP contribution is -2.34. The summed E-state index contributed by atoms with van der Waals surface area (Å²) in [6, 6.07) is 0.465. The average molecular weight is 283 g/mol. The van der Waals surface area contributed by atoms with Crippen molar-refractivity contribution in [1.29, 1.82) is 0 Å². The van der Waals surface area contributed by atoms with Gasteiger partial charge in [-0.2, -0.15) is 0 Å². The molecule has 110 valence electrons. The Morgan fingerprint density at radius 3 is 2.11 bits per heavy atom. The third-order valence-corrected chi connectivity index (χ3v) is 4.13. The fourth-order valence-electron chi connectivity index (χ4n) is 2.09. The molecule has 0 saturated carbocycles. The molecule has 2 N–H and O–H groups in total. The van der Waals surface area contributed by atoms with E-state index in [1.54, 1.807) is 11.3 Å². The lowest BCUT2D eigenvalue weighted by molar-refractivity contribution is 0.553. The van der Waals surface area contributed by atoms with Crippen molar-refractivity contribution in [2.45, 2.75) is 66.5 Å². The Labute approximate surface area is 122 Å². The maximum Gasteiger partial charge on any atom is 0.186 e. The molecule has 1 aromatic heterocycles. The predicted octanol–water partition coefficient (Wildman–Crippen LogP) is 3.77. The van der Waals surface area contributed by atoms with E-state index in [0.717, 1.165) is 17.4 Å². The Balaban J connectivity index is 3.15. The summed E-state index contributed by atoms with van der Waals surface area (Å²) in [7, 11) is 0. The van der Waals surface area contributed by atoms with Crippen molar-refractivity contribution in [3.8, 4) is 0 Å². The smallest absolute Gasteiger partial charge is 0.186 e. The van der Waals surface area contributed by atoms with Crippen LogP contribution in [0.3, 0.4) is 0 Å². The Morgan fingerprint density at radius 1 is 1.21 bits per heavy atom. The zero-order valence-corrected chi connectivity index (χ0v) is 14.3. The fourth-order valence-corrected chi connectivity index (χ4v) is 3.38. The second-order valence-electron chi connectivity index (χ2n) is 6.86. The standard InChI is InChI=1S/C15H29N3S/c1-10(2)9-18(11(3)4)14-17-13(15(5,6)7)12(8-16)19-14/h10-11H,8-9,16H2,1-7H3. The van der Waals surface area contributed by atoms with Crippen LogP contribution in [0.15, 0.2) is 0 Å². The molecule has 1 rings (SSSR count). The highest BCUT2D eigenvalue weighted by Crippen LogP contribution is 2.34. The van der Waals surface area contributed by atoms with Crippen LogP contribution >= 0.6 is 11.3 Å². The van der Waals surface area contributed by atoms with E-state index in [0.29, 0.717) is 18.5 Å². The molecule has 0 aliphatic carbocycles. The number of thiazole rings is 1. The van der Waals surface area contributed by atoms with Gasteiger partial charge in [-0.05, 0) is 19.8 Å². The van der Waals surface area contributed by atoms with Crippen molar-refractivity contribution in [3.63, 3.8) is 0 Å². The van der Waals surface area contributed by atoms with Crippen molar-refractivity contribution in [3.05, 3.63) is 10.6 Å². The second-order valence-corrected chi connectivity index (χ2v) is 7.92. The molecular weight excluding hydrogens is 254 g/mol. The van der Waals surface area contributed by atoms with Gasteiger partial charge in [0.25, 0.3) is 0 Å². The van der Waals surface area contributed by atoms with Gasteiger partial charge < -0.3 is 10.6 Å². The normalized spacial score (nSPS) is 12.5. The number of aromatic nitrogens is 1. The van der Waals surface area contributed by atoms with Crippen LogP contribution in [0.4, 0.5) is 5.13 Å². The molecule has 3 nitrogen and oxygen atoms in total. The lowest BCUT2D eigenvalue weighted by Gasteiger charge is -2.28. The quantitative estimate of drug-likeness (QED) is 0.894. The number of anilines is 1. The molecule has 0 amide bonds. The fraction of sp³-hybridized carbons (Fsp3) is 0.800. The first-order chi connectivity index (χ1) is 8.66. The summed E-state index contributed by atoms with van der Waals surface area (Å²) in [6.45, 7) is 17.2. The molecule has 0 fully saturated rings. The number of hydrogen-bond acceptors (Lipinski definition) is 4. The molecule has 19 heavy (non-hydrogen) atoms. The van der Waals surface area contributed by atoms with Gasteiger partial charge in [-0.1, -0.05) is 34.6 Å². The maximum atomic E-state index is 5.89. The van der Waals surface area contributed by atoms with Crippen LogP contribution < -0.4 is 10.6 Å². The van der Waals surface area contributed by atoms with Gasteiger partial charge in [-0.3, -0.25) is 0 Å². The minimum absolute atomic E-state index is 0.0595. The molecule has 0 radical (unpaired) electrons. The molecular formula is C15H29N3S. The molecule has 0 saturated heterocycles. The van der Waals surface area contributed by atoms with E-state index in [1.807, 2.05) is 0 Å². The maximum absolute atomic E-state index is 5.89. The van der Waals surface area contributed by atoms with Crippen LogP contribution in [0.2, 0.25) is 0 Å². The summed E-state index contributed by atoms with van der Waals surface area (Å²) in [6.07, 6.45) is 0. The summed E-state index contributed by atoms with van der Waals surface area (Å²) in [4.78, 5) is 8.50. The van der Waals surface area contributed by atoms with Crippen LogP contribution in [0, 0.1) is 5.92 Å². The highest BCUT2D eigenvalue weighted by Gasteiger charge is 2.25. The van der Waals surface area contributed by atoms with Gasteiger partial charge in [0.2, 0.25) is 0 Å². The lowest BCUT2D eigenvalue weighted by atomic mass is 9.91. The van der Waals surface area contributed by atoms with Gasteiger partial charge in [-0.25, -0.2) is 4.98 Å². The van der Waals surface area contributed by atoms with Gasteiger partial charge >= 0.3 is 0 Å². The predicted molar refractivity (Wildman–Crippen MR) is 86.0 cm³/mol. The van der Waals surface area contributed by atoms with Crippen molar-refractivity contribution >= 4 is 16.5 Å². The van der Waals surface area contributed by atoms with E-state index in [9.17, 15) is 0 Å². The van der Waals surface area contributed by atoms with Crippen molar-refractivity contribution in [1.82, 2.24) is 4.98 Å². The minimum Gasteiger partial charge on any atom is -0.345 e. The first kappa shape index (κ1) is 16.4. The number of hydrogen-bond donors (Lipinski definition) is 1. The van der Waals surface area contributed by atoms with E-state index < -0.39 is 0 Å². The van der Waals surface area contributed by atoms with Gasteiger partial charge in [0.05, 0.1) is 5.69 Å². The molecule has 1 aromatic rings. The van der Waals surface area contributed by atoms with Crippen molar-refractivity contribution in [2.24, 2.45) is 11.7 Å². The highest BCUT2D eigenvalue weighted by molar-refractivity contribution is 7.15. The Morgan fingerprint density at radius 2 is 1.79 bits per heavy atom. The molecule has 0 unspecified atom stereocenters. The first-order valence-electron chi connectivity index (χ1n) is 7.13. The molecule has 0 aromatic carbocycles. The van der Waals surface area contributed by atoms with E-state index in [4.69, 9.17) is 10.7 Å². The van der Waals surface area contributed by atoms with E-state index in [-0.39, 0.29) is 5.41 Å². The summed E-state index contributed by atoms with van der Waals surface area (Å²) in [5.41, 5.74) is 7.11. The first-order valence-corrected chi connectivity index (χ1v) is 7.95. The van der Waals surface area contributed by atoms with Crippen molar-refractivity contribution in [2.75, 3.05) is 11.4 Å². The largest absolute Gasteiger partial charge is 0.345 e. The zero-order chi connectivity index (χ0) is 14.8. The molecule has 0 aliphatic heterocycles. The molecule has 0 aliphatic rings. The minimum atomic E-state index is 0.0595. The van der Waals surface area contributed by atoms with E-state index in [2.05, 4.69) is 53.4 Å². The highest BCUT2D eigenvalue weighted by atomic mass is 32.1. The van der Waals surface area contributed by atoms with Crippen LogP contribution in [0.25, 0.3) is 0 Å². The number of rotatable bonds is 5. The monoisotopic (exact) mass is 283 g/mol. The summed E-state index contributed by atoms with van der Waals surface area (Å²) in [5.74, 6) is 0.630. The van der Waals surface area contributed by atoms with Gasteiger partial charge in [0, 0.05) is 29.4 Å². The van der Waals surface area contributed by atoms with E-state index >= 15 is 0 Å². The van der Waals surface area contributed by atoms with Gasteiger partial charge in [0.1, 0.15) is 0 Å². The van der Waals surface area contributed by atoms with Crippen LogP contribution in [-0.4, -0.2) is 17.6 Å². The van der Waals surface area contributed by atoms with Crippen molar-refractivity contribution < 1.29 is 0 Å². The number of nitrogens with two attached hydrogens (primary N) is 1. The van der Waals surface area contributed by atoms with Crippen LogP contribution in [0.1, 0.15) is 59.0 Å². The zero-order valence-electron chi connectivity index (χ0n) is 13.4. The van der Waals surface area contributed by atoms with Crippen LogP contribution in [-0.2, 0) is 12.0 Å². The summed E-state index contributed by atoms with van der Waals surface area (Å²) >= 11 is 1.75.